The number of nitrogens with zero attached hydrogens (tertiary/aromatic N) is 1. The minimum atomic E-state index is -1.06. The summed E-state index contributed by atoms with van der Waals surface area (Å²) >= 11 is 5.73. The van der Waals surface area contributed by atoms with Crippen molar-refractivity contribution >= 4 is 29.4 Å². The van der Waals surface area contributed by atoms with Crippen LogP contribution in [0.5, 0.6) is 0 Å². The summed E-state index contributed by atoms with van der Waals surface area (Å²) in [6.07, 6.45) is 1.62. The summed E-state index contributed by atoms with van der Waals surface area (Å²) in [5, 5.41) is 11.8. The molecule has 1 aromatic carbocycles. The fourth-order valence-electron chi connectivity index (χ4n) is 1.91. The molecule has 0 bridgehead atoms. The van der Waals surface area contributed by atoms with Gasteiger partial charge in [-0.3, -0.25) is 14.4 Å². The minimum Gasteiger partial charge on any atom is -0.480 e. The van der Waals surface area contributed by atoms with Gasteiger partial charge in [-0.05, 0) is 37.1 Å². The highest BCUT2D eigenvalue weighted by Crippen LogP contribution is 2.26. The molecule has 2 rings (SSSR count). The molecule has 1 saturated carbocycles. The summed E-state index contributed by atoms with van der Waals surface area (Å²) in [4.78, 5) is 35.9. The van der Waals surface area contributed by atoms with Crippen LogP contribution in [0.3, 0.4) is 0 Å². The number of carbonyl (C=O) groups is 3. The molecule has 1 aromatic rings. The minimum absolute atomic E-state index is 0.0129. The number of carboxylic acids is 1. The van der Waals surface area contributed by atoms with E-state index in [4.69, 9.17) is 16.7 Å². The van der Waals surface area contributed by atoms with E-state index in [-0.39, 0.29) is 25.0 Å². The molecular weight excluding hydrogens is 296 g/mol. The highest BCUT2D eigenvalue weighted by Gasteiger charge is 2.33. The van der Waals surface area contributed by atoms with Gasteiger partial charge in [0.05, 0.1) is 6.54 Å². The van der Waals surface area contributed by atoms with Gasteiger partial charge in [0.2, 0.25) is 5.91 Å². The molecule has 1 aliphatic rings. The lowest BCUT2D eigenvalue weighted by atomic mass is 10.2. The largest absolute Gasteiger partial charge is 0.480 e. The number of rotatable bonds is 6. The number of aliphatic carboxylic acids is 1. The summed E-state index contributed by atoms with van der Waals surface area (Å²) in [6, 6.07) is 6.26. The summed E-state index contributed by atoms with van der Waals surface area (Å²) in [7, 11) is 0. The third kappa shape index (κ3) is 4.46. The van der Waals surface area contributed by atoms with Crippen LogP contribution in [-0.2, 0) is 9.59 Å². The molecule has 0 radical (unpaired) electrons. The van der Waals surface area contributed by atoms with Gasteiger partial charge in [0, 0.05) is 16.6 Å². The lowest BCUT2D eigenvalue weighted by Gasteiger charge is -2.20. The summed E-state index contributed by atoms with van der Waals surface area (Å²) in [5.41, 5.74) is 0.392. The van der Waals surface area contributed by atoms with Crippen LogP contribution >= 0.6 is 11.6 Å². The van der Waals surface area contributed by atoms with E-state index in [0.717, 1.165) is 12.8 Å². The first-order valence-electron chi connectivity index (χ1n) is 6.52. The van der Waals surface area contributed by atoms with E-state index in [1.807, 2.05) is 0 Å². The van der Waals surface area contributed by atoms with Gasteiger partial charge >= 0.3 is 5.97 Å². The lowest BCUT2D eigenvalue weighted by Crippen LogP contribution is -2.43. The molecule has 6 nitrogen and oxygen atoms in total. The molecule has 0 atom stereocenters. The maximum Gasteiger partial charge on any atom is 0.323 e. The van der Waals surface area contributed by atoms with Gasteiger partial charge < -0.3 is 15.3 Å². The zero-order valence-electron chi connectivity index (χ0n) is 11.2. The zero-order chi connectivity index (χ0) is 15.4. The summed E-state index contributed by atoms with van der Waals surface area (Å²) < 4.78 is 0. The Hall–Kier alpha value is -2.08. The number of amides is 2. The van der Waals surface area contributed by atoms with Crippen molar-refractivity contribution in [1.82, 2.24) is 10.2 Å². The number of hydrogen-bond acceptors (Lipinski definition) is 3. The van der Waals surface area contributed by atoms with Crippen LogP contribution in [0.1, 0.15) is 23.2 Å². The van der Waals surface area contributed by atoms with E-state index in [0.29, 0.717) is 10.6 Å². The average Bonchev–Trinajstić information content (AvgIpc) is 3.27. The second kappa shape index (κ2) is 6.58. The van der Waals surface area contributed by atoms with Crippen molar-refractivity contribution in [3.8, 4) is 0 Å². The number of nitrogens with one attached hydrogen (secondary N) is 1. The van der Waals surface area contributed by atoms with E-state index < -0.39 is 11.9 Å². The number of carbonyl (C=O) groups excluding carboxylic acids is 2. The number of carboxylic acid groups (broad SMARTS) is 1. The molecule has 2 amide bonds. The van der Waals surface area contributed by atoms with E-state index in [9.17, 15) is 14.4 Å². The molecule has 0 heterocycles. The highest BCUT2D eigenvalue weighted by molar-refractivity contribution is 6.30. The third-order valence-electron chi connectivity index (χ3n) is 3.12. The standard InChI is InChI=1S/C14H15ClN2O4/c15-10-3-1-9(2-4-10)14(21)16-7-12(18)17(8-13(19)20)11-5-6-11/h1-4,11H,5-8H2,(H,16,21)(H,19,20). The van der Waals surface area contributed by atoms with Gasteiger partial charge in [0.15, 0.2) is 0 Å². The molecule has 21 heavy (non-hydrogen) atoms. The Morgan fingerprint density at radius 3 is 2.38 bits per heavy atom. The Bertz CT molecular complexity index is 555. The second-order valence-electron chi connectivity index (χ2n) is 4.84. The fourth-order valence-corrected chi connectivity index (χ4v) is 2.04. The SMILES string of the molecule is O=C(O)CN(C(=O)CNC(=O)c1ccc(Cl)cc1)C1CC1. The lowest BCUT2D eigenvalue weighted by molar-refractivity contribution is -0.144. The van der Waals surface area contributed by atoms with Crippen molar-refractivity contribution in [3.05, 3.63) is 34.9 Å². The number of halogens is 1. The Morgan fingerprint density at radius 2 is 1.86 bits per heavy atom. The smallest absolute Gasteiger partial charge is 0.323 e. The van der Waals surface area contributed by atoms with Crippen LogP contribution < -0.4 is 5.32 Å². The summed E-state index contributed by atoms with van der Waals surface area (Å²) in [5.74, 6) is -1.84. The molecule has 2 N–H and O–H groups in total. The zero-order valence-corrected chi connectivity index (χ0v) is 12.0. The van der Waals surface area contributed by atoms with Crippen LogP contribution in [0, 0.1) is 0 Å². The van der Waals surface area contributed by atoms with Crippen molar-refractivity contribution in [2.24, 2.45) is 0 Å². The van der Waals surface area contributed by atoms with Crippen LogP contribution in [0.4, 0.5) is 0 Å². The third-order valence-corrected chi connectivity index (χ3v) is 3.37. The van der Waals surface area contributed by atoms with Crippen molar-refractivity contribution in [2.75, 3.05) is 13.1 Å². The quantitative estimate of drug-likeness (QED) is 0.825. The molecular formula is C14H15ClN2O4. The Kier molecular flexibility index (Phi) is 4.80. The van der Waals surface area contributed by atoms with Crippen molar-refractivity contribution in [3.63, 3.8) is 0 Å². The molecule has 0 saturated heterocycles. The molecule has 0 aromatic heterocycles. The first-order chi connectivity index (χ1) is 9.97. The van der Waals surface area contributed by atoms with Crippen LogP contribution in [0.25, 0.3) is 0 Å². The van der Waals surface area contributed by atoms with Crippen molar-refractivity contribution < 1.29 is 19.5 Å². The number of hydrogen-bond donors (Lipinski definition) is 2. The monoisotopic (exact) mass is 310 g/mol. The van der Waals surface area contributed by atoms with Crippen LogP contribution in [-0.4, -0.2) is 46.9 Å². The predicted molar refractivity (Wildman–Crippen MR) is 76.2 cm³/mol. The van der Waals surface area contributed by atoms with Crippen LogP contribution in [0.2, 0.25) is 5.02 Å². The number of benzene rings is 1. The molecule has 0 spiro atoms. The topological polar surface area (TPSA) is 86.7 Å². The average molecular weight is 311 g/mol. The van der Waals surface area contributed by atoms with Gasteiger partial charge in [-0.1, -0.05) is 11.6 Å². The van der Waals surface area contributed by atoms with Gasteiger partial charge in [-0.25, -0.2) is 0 Å². The van der Waals surface area contributed by atoms with E-state index in [1.54, 1.807) is 24.3 Å². The second-order valence-corrected chi connectivity index (χ2v) is 5.27. The molecule has 7 heteroatoms. The Morgan fingerprint density at radius 1 is 1.24 bits per heavy atom. The van der Waals surface area contributed by atoms with E-state index >= 15 is 0 Å². The molecule has 1 aliphatic carbocycles. The molecule has 0 aliphatic heterocycles. The predicted octanol–water partition coefficient (Wildman–Crippen LogP) is 1.15. The molecule has 112 valence electrons. The van der Waals surface area contributed by atoms with Crippen molar-refractivity contribution in [1.29, 1.82) is 0 Å². The Labute approximate surface area is 126 Å². The van der Waals surface area contributed by atoms with Gasteiger partial charge in [-0.2, -0.15) is 0 Å². The van der Waals surface area contributed by atoms with Gasteiger partial charge in [0.1, 0.15) is 6.54 Å². The van der Waals surface area contributed by atoms with E-state index in [2.05, 4.69) is 5.32 Å². The molecule has 1 fully saturated rings. The first-order valence-corrected chi connectivity index (χ1v) is 6.90. The van der Waals surface area contributed by atoms with Gasteiger partial charge in [0.25, 0.3) is 5.91 Å². The van der Waals surface area contributed by atoms with Gasteiger partial charge in [-0.15, -0.1) is 0 Å². The highest BCUT2D eigenvalue weighted by atomic mass is 35.5. The maximum absolute atomic E-state index is 12.0. The van der Waals surface area contributed by atoms with Crippen molar-refractivity contribution in [2.45, 2.75) is 18.9 Å². The first kappa shape index (κ1) is 15.3. The maximum atomic E-state index is 12.0. The summed E-state index contributed by atoms with van der Waals surface area (Å²) in [6.45, 7) is -0.550. The van der Waals surface area contributed by atoms with E-state index in [1.165, 1.54) is 4.90 Å². The Balaban J connectivity index is 1.88. The molecule has 0 unspecified atom stereocenters. The van der Waals surface area contributed by atoms with Crippen LogP contribution in [0.15, 0.2) is 24.3 Å². The fraction of sp³-hybridized carbons (Fsp3) is 0.357. The normalized spacial score (nSPS) is 13.6.